The first-order chi connectivity index (χ1) is 12.8. The molecular weight excluding hydrogens is 324 g/mol. The third-order valence-corrected chi connectivity index (χ3v) is 5.12. The Labute approximate surface area is 153 Å². The van der Waals surface area contributed by atoms with E-state index in [-0.39, 0.29) is 0 Å². The van der Waals surface area contributed by atoms with Crippen molar-refractivity contribution in [2.45, 2.75) is 38.6 Å². The van der Waals surface area contributed by atoms with Gasteiger partial charge in [0.05, 0.1) is 11.2 Å². The number of nitrogens with two attached hydrogens (primary N) is 1. The van der Waals surface area contributed by atoms with E-state index in [0.717, 1.165) is 35.4 Å². The summed E-state index contributed by atoms with van der Waals surface area (Å²) in [6.07, 6.45) is 8.12. The van der Waals surface area contributed by atoms with Crippen molar-refractivity contribution in [3.05, 3.63) is 42.9 Å². The lowest BCUT2D eigenvalue weighted by Gasteiger charge is -2.36. The maximum Gasteiger partial charge on any atom is 0.159 e. The van der Waals surface area contributed by atoms with E-state index in [1.165, 1.54) is 19.3 Å². The Bertz CT molecular complexity index is 904. The van der Waals surface area contributed by atoms with Crippen LogP contribution in [0, 0.1) is 0 Å². The highest BCUT2D eigenvalue weighted by Crippen LogP contribution is 2.34. The zero-order valence-electron chi connectivity index (χ0n) is 15.0. The van der Waals surface area contributed by atoms with Crippen LogP contribution in [-0.2, 0) is 0 Å². The lowest BCUT2D eigenvalue weighted by molar-refractivity contribution is 0.447. The van der Waals surface area contributed by atoms with Crippen LogP contribution in [0.3, 0.4) is 0 Å². The number of fused-ring (bicyclic) bond motifs is 1. The smallest absolute Gasteiger partial charge is 0.159 e. The number of aromatic nitrogens is 3. The van der Waals surface area contributed by atoms with Crippen LogP contribution in [0.1, 0.15) is 32.6 Å². The Kier molecular flexibility index (Phi) is 4.56. The van der Waals surface area contributed by atoms with Crippen LogP contribution in [0.25, 0.3) is 10.9 Å². The highest BCUT2D eigenvalue weighted by Gasteiger charge is 2.25. The summed E-state index contributed by atoms with van der Waals surface area (Å²) in [6, 6.07) is 10.5. The van der Waals surface area contributed by atoms with Crippen molar-refractivity contribution in [3.8, 4) is 0 Å². The molecule has 0 radical (unpaired) electrons. The number of hydrogen-bond acceptors (Lipinski definition) is 6. The fourth-order valence-electron chi connectivity index (χ4n) is 3.75. The second kappa shape index (κ2) is 7.15. The lowest BCUT2D eigenvalue weighted by atomic mass is 10.00. The van der Waals surface area contributed by atoms with Crippen molar-refractivity contribution in [2.75, 3.05) is 22.5 Å². The summed E-state index contributed by atoms with van der Waals surface area (Å²) in [6.45, 7) is 3.22. The molecule has 0 amide bonds. The van der Waals surface area contributed by atoms with Crippen LogP contribution in [-0.4, -0.2) is 27.5 Å². The van der Waals surface area contributed by atoms with E-state index in [1.54, 1.807) is 12.5 Å². The number of nitrogens with zero attached hydrogens (tertiary/aromatic N) is 4. The molecule has 0 saturated carbocycles. The normalized spacial score (nSPS) is 17.4. The van der Waals surface area contributed by atoms with Crippen LogP contribution in [0.4, 0.5) is 23.0 Å². The van der Waals surface area contributed by atoms with Gasteiger partial charge in [0, 0.05) is 24.2 Å². The first kappa shape index (κ1) is 16.6. The Morgan fingerprint density at radius 1 is 1.15 bits per heavy atom. The molecule has 4 rings (SSSR count). The maximum atomic E-state index is 6.47. The van der Waals surface area contributed by atoms with Crippen molar-refractivity contribution in [1.29, 1.82) is 0 Å². The van der Waals surface area contributed by atoms with Crippen molar-refractivity contribution in [2.24, 2.45) is 0 Å². The van der Waals surface area contributed by atoms with Gasteiger partial charge in [-0.25, -0.2) is 9.97 Å². The highest BCUT2D eigenvalue weighted by molar-refractivity contribution is 5.93. The standard InChI is InChI=1S/C20H24N6/c1-2-15-9-3-4-12-26(15)20-17(21)19(23-13-24-20)25-16-10-5-7-14-8-6-11-22-18(14)16/h5-8,10-11,13,15H,2-4,9,12,21H2,1H3,(H,23,24,25). The first-order valence-electron chi connectivity index (χ1n) is 9.26. The van der Waals surface area contributed by atoms with Gasteiger partial charge in [-0.3, -0.25) is 4.98 Å². The topological polar surface area (TPSA) is 80.0 Å². The molecule has 3 aromatic rings. The largest absolute Gasteiger partial charge is 0.393 e. The molecule has 1 fully saturated rings. The number of para-hydroxylation sites is 1. The molecule has 1 unspecified atom stereocenters. The second-order valence-electron chi connectivity index (χ2n) is 6.72. The number of hydrogen-bond donors (Lipinski definition) is 2. The lowest BCUT2D eigenvalue weighted by Crippen LogP contribution is -2.40. The molecule has 1 aliphatic rings. The number of anilines is 4. The number of rotatable bonds is 4. The Morgan fingerprint density at radius 3 is 2.92 bits per heavy atom. The highest BCUT2D eigenvalue weighted by atomic mass is 15.2. The Morgan fingerprint density at radius 2 is 2.04 bits per heavy atom. The molecule has 2 aromatic heterocycles. The van der Waals surface area contributed by atoms with Gasteiger partial charge >= 0.3 is 0 Å². The Hall–Kier alpha value is -2.89. The van der Waals surface area contributed by atoms with Gasteiger partial charge in [-0.15, -0.1) is 0 Å². The first-order valence-corrected chi connectivity index (χ1v) is 9.26. The summed E-state index contributed by atoms with van der Waals surface area (Å²) in [7, 11) is 0. The van der Waals surface area contributed by atoms with Crippen molar-refractivity contribution in [3.63, 3.8) is 0 Å². The number of nitrogens with one attached hydrogen (secondary N) is 1. The predicted octanol–water partition coefficient (Wildman–Crippen LogP) is 4.12. The van der Waals surface area contributed by atoms with Gasteiger partial charge in [0.15, 0.2) is 11.6 Å². The number of nitrogen functional groups attached to an aromatic ring is 1. The Balaban J connectivity index is 1.69. The molecule has 1 aromatic carbocycles. The molecule has 6 heteroatoms. The van der Waals surface area contributed by atoms with Gasteiger partial charge in [0.25, 0.3) is 0 Å². The summed E-state index contributed by atoms with van der Waals surface area (Å²) < 4.78 is 0. The summed E-state index contributed by atoms with van der Waals surface area (Å²) in [5.74, 6) is 1.47. The van der Waals surface area contributed by atoms with Crippen LogP contribution < -0.4 is 16.0 Å². The third kappa shape index (κ3) is 3.03. The molecular formula is C20H24N6. The summed E-state index contributed by atoms with van der Waals surface area (Å²) in [4.78, 5) is 15.7. The molecule has 0 spiro atoms. The summed E-state index contributed by atoms with van der Waals surface area (Å²) in [5.41, 5.74) is 8.87. The molecule has 3 N–H and O–H groups in total. The van der Waals surface area contributed by atoms with E-state index < -0.39 is 0 Å². The number of pyridine rings is 1. The zero-order chi connectivity index (χ0) is 17.9. The van der Waals surface area contributed by atoms with Crippen molar-refractivity contribution in [1.82, 2.24) is 15.0 Å². The minimum Gasteiger partial charge on any atom is -0.393 e. The molecule has 26 heavy (non-hydrogen) atoms. The second-order valence-corrected chi connectivity index (χ2v) is 6.72. The fraction of sp³-hybridized carbons (Fsp3) is 0.350. The molecule has 0 bridgehead atoms. The summed E-state index contributed by atoms with van der Waals surface area (Å²) in [5, 5.41) is 4.44. The number of benzene rings is 1. The van der Waals surface area contributed by atoms with Gasteiger partial charge in [0.2, 0.25) is 0 Å². The van der Waals surface area contributed by atoms with E-state index in [2.05, 4.69) is 32.1 Å². The van der Waals surface area contributed by atoms with Gasteiger partial charge < -0.3 is 16.0 Å². The third-order valence-electron chi connectivity index (χ3n) is 5.12. The maximum absolute atomic E-state index is 6.47. The quantitative estimate of drug-likeness (QED) is 0.738. The minimum absolute atomic E-state index is 0.494. The van der Waals surface area contributed by atoms with E-state index in [1.807, 2.05) is 30.3 Å². The van der Waals surface area contributed by atoms with E-state index in [4.69, 9.17) is 5.73 Å². The van der Waals surface area contributed by atoms with E-state index >= 15 is 0 Å². The molecule has 1 atom stereocenters. The average molecular weight is 348 g/mol. The molecule has 6 nitrogen and oxygen atoms in total. The van der Waals surface area contributed by atoms with Gasteiger partial charge in [-0.1, -0.05) is 25.1 Å². The van der Waals surface area contributed by atoms with Gasteiger partial charge in [-0.05, 0) is 37.8 Å². The molecule has 1 aliphatic heterocycles. The molecule has 1 saturated heterocycles. The fourth-order valence-corrected chi connectivity index (χ4v) is 3.75. The molecule has 0 aliphatic carbocycles. The SMILES string of the molecule is CCC1CCCCN1c1ncnc(Nc2cccc3cccnc23)c1N. The summed E-state index contributed by atoms with van der Waals surface area (Å²) >= 11 is 0. The minimum atomic E-state index is 0.494. The van der Waals surface area contributed by atoms with Crippen LogP contribution in [0.2, 0.25) is 0 Å². The molecule has 3 heterocycles. The molecule has 134 valence electrons. The zero-order valence-corrected chi connectivity index (χ0v) is 15.0. The monoisotopic (exact) mass is 348 g/mol. The average Bonchev–Trinajstić information content (AvgIpc) is 2.70. The number of piperidine rings is 1. The predicted molar refractivity (Wildman–Crippen MR) is 107 cm³/mol. The van der Waals surface area contributed by atoms with Crippen LogP contribution in [0.15, 0.2) is 42.9 Å². The van der Waals surface area contributed by atoms with Gasteiger partial charge in [0.1, 0.15) is 12.0 Å². The van der Waals surface area contributed by atoms with Crippen molar-refractivity contribution >= 4 is 33.9 Å². The van der Waals surface area contributed by atoms with Crippen molar-refractivity contribution < 1.29 is 0 Å². The van der Waals surface area contributed by atoms with E-state index in [0.29, 0.717) is 17.5 Å². The van der Waals surface area contributed by atoms with Crippen LogP contribution >= 0.6 is 0 Å². The van der Waals surface area contributed by atoms with E-state index in [9.17, 15) is 0 Å². The van der Waals surface area contributed by atoms with Crippen LogP contribution in [0.5, 0.6) is 0 Å². The van der Waals surface area contributed by atoms with Gasteiger partial charge in [-0.2, -0.15) is 0 Å².